The van der Waals surface area contributed by atoms with Crippen molar-refractivity contribution in [3.63, 3.8) is 0 Å². The molecule has 0 aliphatic heterocycles. The van der Waals surface area contributed by atoms with Gasteiger partial charge in [-0.05, 0) is 5.92 Å². The van der Waals surface area contributed by atoms with Gasteiger partial charge in [-0.2, -0.15) is 0 Å². The highest BCUT2D eigenvalue weighted by atomic mass is 16.2. The van der Waals surface area contributed by atoms with Crippen molar-refractivity contribution >= 4 is 12.1 Å². The number of hydrogen-bond donors (Lipinski definition) is 1. The van der Waals surface area contributed by atoms with Gasteiger partial charge in [-0.25, -0.2) is 0 Å². The van der Waals surface area contributed by atoms with Crippen molar-refractivity contribution < 1.29 is 9.59 Å². The quantitative estimate of drug-likeness (QED) is 0.449. The van der Waals surface area contributed by atoms with E-state index in [1.54, 1.807) is 0 Å². The fourth-order valence-electron chi connectivity index (χ4n) is 0.613. The van der Waals surface area contributed by atoms with E-state index in [0.717, 1.165) is 6.42 Å². The first-order valence-corrected chi connectivity index (χ1v) is 3.38. The predicted octanol–water partition coefficient (Wildman–Crippen LogP) is 0.128. The van der Waals surface area contributed by atoms with Crippen LogP contribution >= 0.6 is 0 Å². The van der Waals surface area contributed by atoms with Crippen molar-refractivity contribution in [3.05, 3.63) is 0 Å². The smallest absolute Gasteiger partial charge is 0.212 e. The number of hydrogen-bond acceptors (Lipinski definition) is 3. The molecule has 0 aromatic carbocycles. The Bertz CT molecular complexity index is 134. The molecule has 0 aromatic heterocycles. The molecule has 0 aliphatic carbocycles. The number of Topliss-reactive ketones (excluding diaryl/α,β-unsaturated/α-hetero) is 1. The van der Waals surface area contributed by atoms with Gasteiger partial charge in [-0.3, -0.25) is 9.59 Å². The van der Waals surface area contributed by atoms with Crippen molar-refractivity contribution in [2.45, 2.75) is 26.3 Å². The average molecular weight is 143 g/mol. The highest BCUT2D eigenvalue weighted by Gasteiger charge is 2.17. The van der Waals surface area contributed by atoms with Gasteiger partial charge in [0.2, 0.25) is 5.78 Å². The van der Waals surface area contributed by atoms with Crippen LogP contribution in [0.1, 0.15) is 20.3 Å². The summed E-state index contributed by atoms with van der Waals surface area (Å²) in [6, 6.07) is -0.609. The minimum absolute atomic E-state index is 0.0951. The Balaban J connectivity index is 3.93. The molecule has 0 aliphatic rings. The molecule has 0 saturated carbocycles. The van der Waals surface area contributed by atoms with Gasteiger partial charge < -0.3 is 5.73 Å². The van der Waals surface area contributed by atoms with E-state index < -0.39 is 11.8 Å². The standard InChI is InChI=1S/C7H13NO2/c1-3-5(2)7(8)6(10)4-9/h4-5,7H,3,8H2,1-2H3/t5-,7-/m0/s1. The molecule has 3 nitrogen and oxygen atoms in total. The first-order valence-electron chi connectivity index (χ1n) is 3.38. The van der Waals surface area contributed by atoms with Gasteiger partial charge in [0.25, 0.3) is 0 Å². The van der Waals surface area contributed by atoms with Gasteiger partial charge in [-0.1, -0.05) is 20.3 Å². The lowest BCUT2D eigenvalue weighted by atomic mass is 9.97. The molecule has 0 amide bonds. The zero-order valence-corrected chi connectivity index (χ0v) is 6.33. The molecular weight excluding hydrogens is 130 g/mol. The van der Waals surface area contributed by atoms with Gasteiger partial charge in [-0.15, -0.1) is 0 Å². The first-order chi connectivity index (χ1) is 4.63. The van der Waals surface area contributed by atoms with Crippen LogP contribution in [0.2, 0.25) is 0 Å². The summed E-state index contributed by atoms with van der Waals surface area (Å²) >= 11 is 0. The fourth-order valence-corrected chi connectivity index (χ4v) is 0.613. The van der Waals surface area contributed by atoms with Crippen LogP contribution in [0, 0.1) is 5.92 Å². The third-order valence-electron chi connectivity index (χ3n) is 1.70. The lowest BCUT2D eigenvalue weighted by Gasteiger charge is -2.12. The zero-order chi connectivity index (χ0) is 8.15. The summed E-state index contributed by atoms with van der Waals surface area (Å²) in [5.41, 5.74) is 5.40. The SMILES string of the molecule is CC[C@H](C)[C@H](N)C(=O)C=O. The molecule has 0 aromatic rings. The van der Waals surface area contributed by atoms with E-state index in [1.165, 1.54) is 0 Å². The Hall–Kier alpha value is -0.700. The topological polar surface area (TPSA) is 60.2 Å². The van der Waals surface area contributed by atoms with Crippen LogP contribution in [0.4, 0.5) is 0 Å². The molecule has 0 unspecified atom stereocenters. The Morgan fingerprint density at radius 1 is 1.70 bits per heavy atom. The molecule has 0 bridgehead atoms. The van der Waals surface area contributed by atoms with Crippen LogP contribution < -0.4 is 5.73 Å². The zero-order valence-electron chi connectivity index (χ0n) is 6.33. The van der Waals surface area contributed by atoms with Gasteiger partial charge in [0.15, 0.2) is 6.29 Å². The van der Waals surface area contributed by atoms with E-state index in [4.69, 9.17) is 5.73 Å². The van der Waals surface area contributed by atoms with Crippen LogP contribution in [0.15, 0.2) is 0 Å². The van der Waals surface area contributed by atoms with Crippen LogP contribution in [0.3, 0.4) is 0 Å². The third kappa shape index (κ3) is 2.27. The molecule has 2 atom stereocenters. The largest absolute Gasteiger partial charge is 0.321 e. The van der Waals surface area contributed by atoms with Crippen LogP contribution in [0.5, 0.6) is 0 Å². The number of ketones is 1. The van der Waals surface area contributed by atoms with E-state index in [9.17, 15) is 9.59 Å². The third-order valence-corrected chi connectivity index (χ3v) is 1.70. The molecule has 0 heterocycles. The normalized spacial score (nSPS) is 15.9. The Labute approximate surface area is 60.6 Å². The highest BCUT2D eigenvalue weighted by molar-refractivity contribution is 6.27. The maximum Gasteiger partial charge on any atom is 0.212 e. The molecule has 0 radical (unpaired) electrons. The van der Waals surface area contributed by atoms with Crippen molar-refractivity contribution in [1.29, 1.82) is 0 Å². The van der Waals surface area contributed by atoms with Crippen LogP contribution in [-0.4, -0.2) is 18.1 Å². The molecule has 0 fully saturated rings. The van der Waals surface area contributed by atoms with Crippen molar-refractivity contribution in [3.8, 4) is 0 Å². The molecule has 0 spiro atoms. The van der Waals surface area contributed by atoms with E-state index >= 15 is 0 Å². The maximum atomic E-state index is 10.6. The summed E-state index contributed by atoms with van der Waals surface area (Å²) in [7, 11) is 0. The summed E-state index contributed by atoms with van der Waals surface area (Å²) in [5, 5.41) is 0. The van der Waals surface area contributed by atoms with Crippen molar-refractivity contribution in [2.75, 3.05) is 0 Å². The second kappa shape index (κ2) is 4.17. The summed E-state index contributed by atoms with van der Waals surface area (Å²) in [6.45, 7) is 3.79. The van der Waals surface area contributed by atoms with Crippen LogP contribution in [0.25, 0.3) is 0 Å². The molecule has 0 rings (SSSR count). The van der Waals surface area contributed by atoms with Crippen molar-refractivity contribution in [2.24, 2.45) is 11.7 Å². The van der Waals surface area contributed by atoms with E-state index in [1.807, 2.05) is 13.8 Å². The number of carbonyl (C=O) groups excluding carboxylic acids is 2. The van der Waals surface area contributed by atoms with Crippen LogP contribution in [-0.2, 0) is 9.59 Å². The van der Waals surface area contributed by atoms with Gasteiger partial charge in [0, 0.05) is 0 Å². The second-order valence-corrected chi connectivity index (χ2v) is 2.43. The van der Waals surface area contributed by atoms with Crippen molar-refractivity contribution in [1.82, 2.24) is 0 Å². The molecule has 58 valence electrons. The molecular formula is C7H13NO2. The Kier molecular flexibility index (Phi) is 3.88. The summed E-state index contributed by atoms with van der Waals surface area (Å²) in [5.74, 6) is -0.410. The monoisotopic (exact) mass is 143 g/mol. The van der Waals surface area contributed by atoms with Gasteiger partial charge in [0.1, 0.15) is 0 Å². The molecule has 0 saturated heterocycles. The van der Waals surface area contributed by atoms with Gasteiger partial charge in [0.05, 0.1) is 6.04 Å². The lowest BCUT2D eigenvalue weighted by molar-refractivity contribution is -0.131. The molecule has 10 heavy (non-hydrogen) atoms. The summed E-state index contributed by atoms with van der Waals surface area (Å²) in [6.07, 6.45) is 1.11. The minimum Gasteiger partial charge on any atom is -0.321 e. The maximum absolute atomic E-state index is 10.6. The minimum atomic E-state index is -0.609. The first kappa shape index (κ1) is 9.30. The number of aldehydes is 1. The summed E-state index contributed by atoms with van der Waals surface area (Å²) in [4.78, 5) is 20.6. The predicted molar refractivity (Wildman–Crippen MR) is 38.5 cm³/mol. The number of carbonyl (C=O) groups is 2. The Morgan fingerprint density at radius 2 is 2.20 bits per heavy atom. The van der Waals surface area contributed by atoms with E-state index in [2.05, 4.69) is 0 Å². The van der Waals surface area contributed by atoms with Gasteiger partial charge >= 0.3 is 0 Å². The number of rotatable bonds is 4. The lowest BCUT2D eigenvalue weighted by Crippen LogP contribution is -2.37. The molecule has 2 N–H and O–H groups in total. The highest BCUT2D eigenvalue weighted by Crippen LogP contribution is 2.04. The van der Waals surface area contributed by atoms with E-state index in [0.29, 0.717) is 0 Å². The Morgan fingerprint density at radius 3 is 2.50 bits per heavy atom. The van der Waals surface area contributed by atoms with E-state index in [-0.39, 0.29) is 12.2 Å². The second-order valence-electron chi connectivity index (χ2n) is 2.43. The number of nitrogens with two attached hydrogens (primary N) is 1. The summed E-state index contributed by atoms with van der Waals surface area (Å²) < 4.78 is 0. The average Bonchev–Trinajstić information content (AvgIpc) is 2.00. The molecule has 3 heteroatoms. The fraction of sp³-hybridized carbons (Fsp3) is 0.714.